The first-order valence-electron chi connectivity index (χ1n) is 17.2. The molecule has 2 aromatic heterocycles. The molecule has 0 aliphatic carbocycles. The van der Waals surface area contributed by atoms with Gasteiger partial charge in [-0.1, -0.05) is 27.7 Å². The van der Waals surface area contributed by atoms with E-state index in [1.165, 1.54) is 19.5 Å². The molecule has 0 radical (unpaired) electrons. The summed E-state index contributed by atoms with van der Waals surface area (Å²) in [6, 6.07) is 7.63. The Labute approximate surface area is 367 Å². The molecule has 0 fully saturated rings. The average molecular weight is 1050 g/mol. The Hall–Kier alpha value is -4.97. The number of nitrogen functional groups attached to an aromatic ring is 3. The third-order valence-electron chi connectivity index (χ3n) is 7.41. The predicted molar refractivity (Wildman–Crippen MR) is 235 cm³/mol. The topological polar surface area (TPSA) is 276 Å². The maximum atomic E-state index is 11.7. The van der Waals surface area contributed by atoms with Gasteiger partial charge in [-0.2, -0.15) is 9.97 Å². The second kappa shape index (κ2) is 24.1. The number of hydrogen-bond acceptors (Lipinski definition) is 16. The fourth-order valence-corrected chi connectivity index (χ4v) is 5.85. The van der Waals surface area contributed by atoms with Crippen molar-refractivity contribution in [2.75, 3.05) is 43.8 Å². The normalized spacial score (nSPS) is 10.3. The Morgan fingerprint density at radius 3 is 1.59 bits per heavy atom. The molecular weight excluding hydrogens is 1010 g/mol. The molecule has 0 saturated carbocycles. The van der Waals surface area contributed by atoms with Crippen LogP contribution in [0, 0.1) is 7.14 Å². The van der Waals surface area contributed by atoms with Crippen LogP contribution in [0.3, 0.4) is 0 Å². The molecule has 0 aliphatic heterocycles. The number of esters is 1. The molecule has 2 aromatic carbocycles. The number of ether oxygens (including phenoxy) is 5. The smallest absolute Gasteiger partial charge is 0.305 e. The summed E-state index contributed by atoms with van der Waals surface area (Å²) < 4.78 is 28.6. The van der Waals surface area contributed by atoms with Gasteiger partial charge in [0, 0.05) is 24.0 Å². The Bertz CT molecular complexity index is 2070. The fraction of sp³-hybridized carbons (Fsp3) is 0.351. The molecule has 18 nitrogen and oxygen atoms in total. The molecule has 0 aliphatic rings. The number of carbonyl (C=O) groups is 4. The molecular formula is C37H45ClI2N8O10. The summed E-state index contributed by atoms with van der Waals surface area (Å²) in [7, 11) is 4.52. The van der Waals surface area contributed by atoms with Crippen LogP contribution in [0.2, 0.25) is 0 Å². The summed E-state index contributed by atoms with van der Waals surface area (Å²) >= 11 is 9.28. The number of amides is 1. The zero-order valence-corrected chi connectivity index (χ0v) is 37.8. The van der Waals surface area contributed by atoms with Crippen LogP contribution in [0.1, 0.15) is 76.3 Å². The first-order chi connectivity index (χ1) is 27.3. The molecule has 4 aromatic rings. The van der Waals surface area contributed by atoms with Crippen molar-refractivity contribution in [1.82, 2.24) is 19.9 Å². The summed E-state index contributed by atoms with van der Waals surface area (Å²) in [5, 5.41) is 10.5. The highest BCUT2D eigenvalue weighted by Crippen LogP contribution is 2.39. The van der Waals surface area contributed by atoms with Crippen molar-refractivity contribution in [3.8, 4) is 34.5 Å². The number of halogens is 3. The number of carboxylic acid groups (broad SMARTS) is 1. The van der Waals surface area contributed by atoms with Crippen molar-refractivity contribution in [2.24, 2.45) is 0 Å². The maximum Gasteiger partial charge on any atom is 0.305 e. The van der Waals surface area contributed by atoms with E-state index in [1.54, 1.807) is 14.2 Å². The van der Waals surface area contributed by atoms with Crippen molar-refractivity contribution in [1.29, 1.82) is 0 Å². The second-order valence-corrected chi connectivity index (χ2v) is 15.1. The molecule has 8 N–H and O–H groups in total. The van der Waals surface area contributed by atoms with E-state index in [2.05, 4.69) is 89.0 Å². The molecule has 2 heterocycles. The van der Waals surface area contributed by atoms with E-state index in [0.717, 1.165) is 29.8 Å². The predicted octanol–water partition coefficient (Wildman–Crippen LogP) is 7.27. The van der Waals surface area contributed by atoms with Crippen LogP contribution in [0.15, 0.2) is 36.7 Å². The van der Waals surface area contributed by atoms with E-state index in [1.807, 2.05) is 38.1 Å². The molecule has 0 spiro atoms. The highest BCUT2D eigenvalue weighted by Gasteiger charge is 2.18. The van der Waals surface area contributed by atoms with Gasteiger partial charge in [-0.05, 0) is 92.9 Å². The summed E-state index contributed by atoms with van der Waals surface area (Å²) in [5.74, 6) is 2.31. The largest absolute Gasteiger partial charge is 0.496 e. The van der Waals surface area contributed by atoms with Gasteiger partial charge in [0.05, 0.1) is 53.7 Å². The van der Waals surface area contributed by atoms with E-state index in [9.17, 15) is 19.2 Å². The SMILES string of the molecule is COC(=O)CCC(=O)Cl.COc1cc(C(C)C)c(Oc2cnc(N)nc2N)cc1I.COc1cc(C(C)C)c(Oc2cnc(NC(=O)CCC(=O)O)nc2N)cc1I. The molecule has 4 rings (SSSR count). The first kappa shape index (κ1) is 49.2. The number of hydrogen-bond donors (Lipinski definition) is 5. The molecule has 0 unspecified atom stereocenters. The van der Waals surface area contributed by atoms with E-state index in [0.29, 0.717) is 17.2 Å². The Morgan fingerprint density at radius 2 is 1.19 bits per heavy atom. The van der Waals surface area contributed by atoms with E-state index >= 15 is 0 Å². The first-order valence-corrected chi connectivity index (χ1v) is 19.7. The molecule has 1 amide bonds. The average Bonchev–Trinajstić information content (AvgIpc) is 3.15. The number of nitrogens with zero attached hydrogens (tertiary/aromatic N) is 4. The van der Waals surface area contributed by atoms with Crippen LogP contribution in [0.5, 0.6) is 34.5 Å². The lowest BCUT2D eigenvalue weighted by molar-refractivity contribution is -0.141. The van der Waals surface area contributed by atoms with Gasteiger partial charge in [-0.15, -0.1) is 0 Å². The van der Waals surface area contributed by atoms with Crippen molar-refractivity contribution >= 4 is 103 Å². The summed E-state index contributed by atoms with van der Waals surface area (Å²) in [4.78, 5) is 58.3. The van der Waals surface area contributed by atoms with Gasteiger partial charge in [0.15, 0.2) is 23.1 Å². The van der Waals surface area contributed by atoms with Gasteiger partial charge in [-0.3, -0.25) is 24.5 Å². The lowest BCUT2D eigenvalue weighted by Gasteiger charge is -2.17. The standard InChI is InChI=1S/C18H21IN4O5.C14H17IN4O2.C5H7ClO3/c1-9(2)10-6-13(27-3)11(19)7-12(10)28-14-8-21-18(23-17(14)20)22-15(24)4-5-16(25)26;1-7(2)8-4-11(20-3)9(15)5-10(8)21-12-6-18-14(17)19-13(12)16;1-9-5(8)3-2-4(6)7/h6-9H,4-5H2,1-3H3,(H,25,26)(H3,20,21,22,23,24);4-7H,1-3H3,(H4,16,17,18,19);2-3H2,1H3. The van der Waals surface area contributed by atoms with Gasteiger partial charge in [0.1, 0.15) is 23.0 Å². The van der Waals surface area contributed by atoms with Crippen LogP contribution in [-0.2, 0) is 23.9 Å². The Morgan fingerprint density at radius 1 is 0.707 bits per heavy atom. The minimum Gasteiger partial charge on any atom is -0.496 e. The van der Waals surface area contributed by atoms with Crippen molar-refractivity contribution in [3.63, 3.8) is 0 Å². The third-order valence-corrected chi connectivity index (χ3v) is 9.28. The van der Waals surface area contributed by atoms with Gasteiger partial charge in [0.2, 0.25) is 23.0 Å². The summed E-state index contributed by atoms with van der Waals surface area (Å²) in [6.07, 6.45) is 2.48. The molecule has 58 heavy (non-hydrogen) atoms. The minimum atomic E-state index is -1.06. The lowest BCUT2D eigenvalue weighted by atomic mass is 10.0. The number of benzene rings is 2. The number of nitrogens with two attached hydrogens (primary N) is 3. The van der Waals surface area contributed by atoms with E-state index in [4.69, 9.17) is 52.9 Å². The fourth-order valence-electron chi connectivity index (χ4n) is 4.44. The van der Waals surface area contributed by atoms with Crippen LogP contribution in [-0.4, -0.2) is 69.5 Å². The number of aliphatic carboxylic acids is 1. The van der Waals surface area contributed by atoms with Gasteiger partial charge < -0.3 is 46.0 Å². The molecule has 0 bridgehead atoms. The minimum absolute atomic E-state index is 0.0198. The molecule has 21 heteroatoms. The highest BCUT2D eigenvalue weighted by molar-refractivity contribution is 14.1. The zero-order valence-electron chi connectivity index (χ0n) is 32.7. The monoisotopic (exact) mass is 1050 g/mol. The zero-order chi connectivity index (χ0) is 43.7. The van der Waals surface area contributed by atoms with Crippen molar-refractivity contribution in [3.05, 3.63) is 54.9 Å². The van der Waals surface area contributed by atoms with Crippen LogP contribution in [0.25, 0.3) is 0 Å². The number of aromatic nitrogens is 4. The second-order valence-electron chi connectivity index (χ2n) is 12.4. The lowest BCUT2D eigenvalue weighted by Crippen LogP contribution is -2.15. The van der Waals surface area contributed by atoms with Gasteiger partial charge >= 0.3 is 11.9 Å². The third kappa shape index (κ3) is 16.1. The molecule has 0 saturated heterocycles. The summed E-state index contributed by atoms with van der Waals surface area (Å²) in [5.41, 5.74) is 19.2. The Balaban J connectivity index is 0.000000339. The Kier molecular flexibility index (Phi) is 20.4. The van der Waals surface area contributed by atoms with E-state index in [-0.39, 0.29) is 66.8 Å². The molecule has 0 atom stereocenters. The van der Waals surface area contributed by atoms with Crippen LogP contribution >= 0.6 is 56.8 Å². The highest BCUT2D eigenvalue weighted by atomic mass is 127. The maximum absolute atomic E-state index is 11.7. The number of anilines is 4. The number of methoxy groups -OCH3 is 3. The van der Waals surface area contributed by atoms with Gasteiger partial charge in [-0.25, -0.2) is 9.97 Å². The molecule has 314 valence electrons. The van der Waals surface area contributed by atoms with Crippen molar-refractivity contribution < 1.29 is 48.0 Å². The number of nitrogens with one attached hydrogen (secondary N) is 1. The van der Waals surface area contributed by atoms with E-state index < -0.39 is 23.1 Å². The quantitative estimate of drug-likeness (QED) is 0.0445. The van der Waals surface area contributed by atoms with Gasteiger partial charge in [0.25, 0.3) is 0 Å². The number of carboxylic acids is 1. The number of carbonyl (C=O) groups excluding carboxylic acids is 3. The number of rotatable bonds is 15. The van der Waals surface area contributed by atoms with Crippen LogP contribution < -0.4 is 41.5 Å². The van der Waals surface area contributed by atoms with Crippen molar-refractivity contribution in [2.45, 2.75) is 65.2 Å². The van der Waals surface area contributed by atoms with Crippen LogP contribution in [0.4, 0.5) is 23.5 Å². The summed E-state index contributed by atoms with van der Waals surface area (Å²) in [6.45, 7) is 8.23.